The summed E-state index contributed by atoms with van der Waals surface area (Å²) >= 11 is 0. The highest BCUT2D eigenvalue weighted by Crippen LogP contribution is 2.49. The predicted molar refractivity (Wildman–Crippen MR) is 58.7 cm³/mol. The van der Waals surface area contributed by atoms with Crippen molar-refractivity contribution in [2.75, 3.05) is 6.54 Å². The van der Waals surface area contributed by atoms with Crippen molar-refractivity contribution in [3.8, 4) is 0 Å². The van der Waals surface area contributed by atoms with Gasteiger partial charge in [-0.1, -0.05) is 6.92 Å². The summed E-state index contributed by atoms with van der Waals surface area (Å²) in [5, 5.41) is 11.5. The van der Waals surface area contributed by atoms with Crippen molar-refractivity contribution in [2.24, 2.45) is 23.7 Å². The summed E-state index contributed by atoms with van der Waals surface area (Å²) in [4.78, 5) is 22.6. The molecule has 2 aliphatic rings. The number of carbonyl (C=O) groups excluding carboxylic acids is 1. The average molecular weight is 225 g/mol. The zero-order valence-corrected chi connectivity index (χ0v) is 9.61. The molecular formula is C12H19NO3. The van der Waals surface area contributed by atoms with Gasteiger partial charge in [-0.25, -0.2) is 0 Å². The molecule has 2 rings (SSSR count). The molecular weight excluding hydrogens is 206 g/mol. The van der Waals surface area contributed by atoms with Gasteiger partial charge in [0.2, 0.25) is 5.91 Å². The summed E-state index contributed by atoms with van der Waals surface area (Å²) in [6.45, 7) is 1.87. The zero-order valence-electron chi connectivity index (χ0n) is 9.61. The summed E-state index contributed by atoms with van der Waals surface area (Å²) in [7, 11) is 0. The highest BCUT2D eigenvalue weighted by molar-refractivity contribution is 5.80. The molecule has 0 radical (unpaired) electrons. The van der Waals surface area contributed by atoms with Crippen LogP contribution in [0.25, 0.3) is 0 Å². The van der Waals surface area contributed by atoms with Crippen molar-refractivity contribution >= 4 is 11.9 Å². The molecule has 2 N–H and O–H groups in total. The average Bonchev–Trinajstić information content (AvgIpc) is 3.07. The summed E-state index contributed by atoms with van der Waals surface area (Å²) in [6, 6.07) is 0. The van der Waals surface area contributed by atoms with Gasteiger partial charge in [0.25, 0.3) is 0 Å². The molecule has 90 valence electrons. The number of amides is 1. The van der Waals surface area contributed by atoms with Crippen LogP contribution in [0.2, 0.25) is 0 Å². The maximum absolute atomic E-state index is 11.9. The minimum absolute atomic E-state index is 0.0816. The standard InChI is InChI=1S/C12H19NO3/c1-7(12(15)16)6-13-11(14)10(8-2-3-8)9-4-5-9/h7-10H,2-6H2,1H3,(H,13,14)(H,15,16). The van der Waals surface area contributed by atoms with E-state index in [0.29, 0.717) is 11.8 Å². The second kappa shape index (κ2) is 4.44. The molecule has 1 unspecified atom stereocenters. The Morgan fingerprint density at radius 2 is 1.75 bits per heavy atom. The normalized spacial score (nSPS) is 21.9. The molecule has 0 heterocycles. The Balaban J connectivity index is 1.79. The SMILES string of the molecule is CC(CNC(=O)C(C1CC1)C1CC1)C(=O)O. The van der Waals surface area contributed by atoms with Crippen molar-refractivity contribution in [3.05, 3.63) is 0 Å². The molecule has 4 heteroatoms. The first-order valence-electron chi connectivity index (χ1n) is 6.10. The van der Waals surface area contributed by atoms with E-state index in [1.165, 1.54) is 25.7 Å². The molecule has 1 amide bonds. The Kier molecular flexibility index (Phi) is 3.17. The summed E-state index contributed by atoms with van der Waals surface area (Å²) in [5.41, 5.74) is 0. The van der Waals surface area contributed by atoms with Crippen LogP contribution in [0, 0.1) is 23.7 Å². The quantitative estimate of drug-likeness (QED) is 0.715. The van der Waals surface area contributed by atoms with Crippen LogP contribution in [-0.2, 0) is 9.59 Å². The molecule has 4 nitrogen and oxygen atoms in total. The van der Waals surface area contributed by atoms with Gasteiger partial charge in [0.05, 0.1) is 5.92 Å². The third-order valence-electron chi connectivity index (χ3n) is 3.57. The predicted octanol–water partition coefficient (Wildman–Crippen LogP) is 1.26. The lowest BCUT2D eigenvalue weighted by atomic mass is 9.96. The van der Waals surface area contributed by atoms with Gasteiger partial charge in [0.1, 0.15) is 0 Å². The van der Waals surface area contributed by atoms with Crippen LogP contribution >= 0.6 is 0 Å². The Labute approximate surface area is 95.4 Å². The fourth-order valence-corrected chi connectivity index (χ4v) is 2.18. The minimum atomic E-state index is -0.852. The molecule has 0 aliphatic heterocycles. The van der Waals surface area contributed by atoms with Gasteiger partial charge < -0.3 is 10.4 Å². The van der Waals surface area contributed by atoms with E-state index in [0.717, 1.165) is 0 Å². The second-order valence-electron chi connectivity index (χ2n) is 5.19. The van der Waals surface area contributed by atoms with E-state index in [2.05, 4.69) is 5.32 Å². The Morgan fingerprint density at radius 1 is 1.25 bits per heavy atom. The lowest BCUT2D eigenvalue weighted by molar-refractivity contribution is -0.141. The Hall–Kier alpha value is -1.06. The van der Waals surface area contributed by atoms with Gasteiger partial charge in [0, 0.05) is 12.5 Å². The number of rotatable bonds is 6. The molecule has 1 atom stereocenters. The van der Waals surface area contributed by atoms with Crippen molar-refractivity contribution in [3.63, 3.8) is 0 Å². The van der Waals surface area contributed by atoms with Crippen molar-refractivity contribution in [2.45, 2.75) is 32.6 Å². The van der Waals surface area contributed by atoms with Gasteiger partial charge in [-0.05, 0) is 37.5 Å². The molecule has 2 aliphatic carbocycles. The van der Waals surface area contributed by atoms with E-state index in [4.69, 9.17) is 5.11 Å². The summed E-state index contributed by atoms with van der Waals surface area (Å²) in [6.07, 6.45) is 4.68. The number of nitrogens with one attached hydrogen (secondary N) is 1. The van der Waals surface area contributed by atoms with E-state index in [9.17, 15) is 9.59 Å². The largest absolute Gasteiger partial charge is 0.481 e. The monoisotopic (exact) mass is 225 g/mol. The number of hydrogen-bond acceptors (Lipinski definition) is 2. The minimum Gasteiger partial charge on any atom is -0.481 e. The van der Waals surface area contributed by atoms with E-state index in [-0.39, 0.29) is 18.4 Å². The maximum atomic E-state index is 11.9. The van der Waals surface area contributed by atoms with Gasteiger partial charge in [-0.2, -0.15) is 0 Å². The molecule has 2 fully saturated rings. The van der Waals surface area contributed by atoms with Gasteiger partial charge >= 0.3 is 5.97 Å². The number of carboxylic acids is 1. The van der Waals surface area contributed by atoms with E-state index < -0.39 is 11.9 Å². The van der Waals surface area contributed by atoms with Crippen LogP contribution < -0.4 is 5.32 Å². The smallest absolute Gasteiger partial charge is 0.308 e. The van der Waals surface area contributed by atoms with Crippen LogP contribution in [0.15, 0.2) is 0 Å². The maximum Gasteiger partial charge on any atom is 0.308 e. The van der Waals surface area contributed by atoms with Gasteiger partial charge in [-0.3, -0.25) is 9.59 Å². The third-order valence-corrected chi connectivity index (χ3v) is 3.57. The van der Waals surface area contributed by atoms with Crippen molar-refractivity contribution in [1.82, 2.24) is 5.32 Å². The van der Waals surface area contributed by atoms with Gasteiger partial charge in [-0.15, -0.1) is 0 Å². The highest BCUT2D eigenvalue weighted by Gasteiger charge is 2.45. The van der Waals surface area contributed by atoms with Crippen LogP contribution in [0.1, 0.15) is 32.6 Å². The van der Waals surface area contributed by atoms with Crippen LogP contribution in [0.5, 0.6) is 0 Å². The van der Waals surface area contributed by atoms with Crippen molar-refractivity contribution in [1.29, 1.82) is 0 Å². The first-order valence-corrected chi connectivity index (χ1v) is 6.10. The second-order valence-corrected chi connectivity index (χ2v) is 5.19. The molecule has 0 bridgehead atoms. The molecule has 0 aromatic heterocycles. The lowest BCUT2D eigenvalue weighted by Crippen LogP contribution is -2.37. The van der Waals surface area contributed by atoms with Crippen LogP contribution in [-0.4, -0.2) is 23.5 Å². The molecule has 16 heavy (non-hydrogen) atoms. The fourth-order valence-electron chi connectivity index (χ4n) is 2.18. The molecule has 2 saturated carbocycles. The fraction of sp³-hybridized carbons (Fsp3) is 0.833. The first kappa shape index (κ1) is 11.4. The zero-order chi connectivity index (χ0) is 11.7. The Morgan fingerprint density at radius 3 is 2.12 bits per heavy atom. The summed E-state index contributed by atoms with van der Waals surface area (Å²) < 4.78 is 0. The van der Waals surface area contributed by atoms with Crippen molar-refractivity contribution < 1.29 is 14.7 Å². The van der Waals surface area contributed by atoms with E-state index in [1.54, 1.807) is 6.92 Å². The third kappa shape index (κ3) is 2.74. The van der Waals surface area contributed by atoms with Gasteiger partial charge in [0.15, 0.2) is 0 Å². The molecule has 0 spiro atoms. The number of hydrogen-bond donors (Lipinski definition) is 2. The first-order chi connectivity index (χ1) is 7.59. The van der Waals surface area contributed by atoms with Crippen LogP contribution in [0.4, 0.5) is 0 Å². The number of carbonyl (C=O) groups is 2. The number of aliphatic carboxylic acids is 1. The van der Waals surface area contributed by atoms with Crippen LogP contribution in [0.3, 0.4) is 0 Å². The lowest BCUT2D eigenvalue weighted by Gasteiger charge is -2.16. The van der Waals surface area contributed by atoms with E-state index >= 15 is 0 Å². The molecule has 0 aromatic carbocycles. The molecule has 0 aromatic rings. The topological polar surface area (TPSA) is 66.4 Å². The van der Waals surface area contributed by atoms with E-state index in [1.807, 2.05) is 0 Å². The highest BCUT2D eigenvalue weighted by atomic mass is 16.4. The Bertz CT molecular complexity index is 283. The molecule has 0 saturated heterocycles. The summed E-state index contributed by atoms with van der Waals surface area (Å²) in [5.74, 6) is 0.0528. The number of carboxylic acid groups (broad SMARTS) is 1.